The van der Waals surface area contributed by atoms with Crippen LogP contribution >= 0.6 is 0 Å². The second kappa shape index (κ2) is 5.69. The second-order valence-electron chi connectivity index (χ2n) is 4.70. The van der Waals surface area contributed by atoms with E-state index in [2.05, 4.69) is 19.2 Å². The maximum atomic E-state index is 10.1. The Balaban J connectivity index is 2.09. The molecule has 14 heavy (non-hydrogen) atoms. The van der Waals surface area contributed by atoms with Crippen LogP contribution in [0.2, 0.25) is 0 Å². The van der Waals surface area contributed by atoms with Gasteiger partial charge < -0.3 is 15.2 Å². The van der Waals surface area contributed by atoms with Crippen LogP contribution in [0.1, 0.15) is 33.1 Å². The van der Waals surface area contributed by atoms with E-state index in [-0.39, 0.29) is 0 Å². The van der Waals surface area contributed by atoms with E-state index in [9.17, 15) is 5.11 Å². The summed E-state index contributed by atoms with van der Waals surface area (Å²) >= 11 is 0. The third-order valence-corrected chi connectivity index (χ3v) is 2.78. The van der Waals surface area contributed by atoms with Crippen molar-refractivity contribution in [1.29, 1.82) is 0 Å². The van der Waals surface area contributed by atoms with Crippen LogP contribution in [0.15, 0.2) is 0 Å². The quantitative estimate of drug-likeness (QED) is 0.656. The van der Waals surface area contributed by atoms with E-state index in [1.165, 1.54) is 6.42 Å². The molecule has 0 aromatic rings. The molecule has 0 spiro atoms. The van der Waals surface area contributed by atoms with Crippen molar-refractivity contribution >= 4 is 0 Å². The monoisotopic (exact) mass is 201 g/mol. The molecule has 2 N–H and O–H groups in total. The molecular formula is C11H23NO2. The van der Waals surface area contributed by atoms with Gasteiger partial charge in [-0.05, 0) is 18.9 Å². The Morgan fingerprint density at radius 2 is 2.00 bits per heavy atom. The zero-order valence-electron chi connectivity index (χ0n) is 9.38. The van der Waals surface area contributed by atoms with Crippen LogP contribution in [0.4, 0.5) is 0 Å². The fourth-order valence-electron chi connectivity index (χ4n) is 1.64. The van der Waals surface area contributed by atoms with Crippen molar-refractivity contribution in [2.45, 2.75) is 38.7 Å². The van der Waals surface area contributed by atoms with E-state index in [1.807, 2.05) is 0 Å². The summed E-state index contributed by atoms with van der Waals surface area (Å²) in [4.78, 5) is 0. The van der Waals surface area contributed by atoms with Crippen LogP contribution in [0.5, 0.6) is 0 Å². The number of hydrogen-bond donors (Lipinski definition) is 2. The highest BCUT2D eigenvalue weighted by molar-refractivity contribution is 4.83. The predicted molar refractivity (Wildman–Crippen MR) is 57.3 cm³/mol. The van der Waals surface area contributed by atoms with Gasteiger partial charge >= 0.3 is 0 Å². The van der Waals surface area contributed by atoms with Crippen molar-refractivity contribution in [2.75, 3.05) is 26.3 Å². The average Bonchev–Trinajstić information content (AvgIpc) is 2.14. The van der Waals surface area contributed by atoms with Crippen molar-refractivity contribution in [3.05, 3.63) is 0 Å². The summed E-state index contributed by atoms with van der Waals surface area (Å²) in [6.45, 7) is 7.53. The lowest BCUT2D eigenvalue weighted by Crippen LogP contribution is -2.45. The third kappa shape index (κ3) is 4.40. The van der Waals surface area contributed by atoms with Gasteiger partial charge in [0.25, 0.3) is 0 Å². The van der Waals surface area contributed by atoms with Crippen LogP contribution in [-0.2, 0) is 4.74 Å². The molecule has 0 saturated carbocycles. The Morgan fingerprint density at radius 3 is 2.57 bits per heavy atom. The van der Waals surface area contributed by atoms with Crippen LogP contribution in [0.25, 0.3) is 0 Å². The van der Waals surface area contributed by atoms with E-state index in [1.54, 1.807) is 0 Å². The summed E-state index contributed by atoms with van der Waals surface area (Å²) in [5.74, 6) is 0.729. The van der Waals surface area contributed by atoms with Crippen LogP contribution < -0.4 is 5.32 Å². The normalized spacial score (nSPS) is 21.4. The summed E-state index contributed by atoms with van der Waals surface area (Å²) in [6.07, 6.45) is 2.70. The molecule has 0 unspecified atom stereocenters. The Hall–Kier alpha value is -0.120. The molecule has 0 aromatic carbocycles. The van der Waals surface area contributed by atoms with Crippen LogP contribution in [0.3, 0.4) is 0 Å². The highest BCUT2D eigenvalue weighted by Gasteiger charge is 2.28. The van der Waals surface area contributed by atoms with E-state index in [0.717, 1.165) is 25.3 Å². The first-order valence-electron chi connectivity index (χ1n) is 5.63. The van der Waals surface area contributed by atoms with Gasteiger partial charge in [0, 0.05) is 32.6 Å². The zero-order valence-corrected chi connectivity index (χ0v) is 9.38. The van der Waals surface area contributed by atoms with Crippen molar-refractivity contribution in [2.24, 2.45) is 5.92 Å². The first-order valence-corrected chi connectivity index (χ1v) is 5.63. The van der Waals surface area contributed by atoms with Gasteiger partial charge in [0.1, 0.15) is 0 Å². The molecule has 0 bridgehead atoms. The maximum absolute atomic E-state index is 10.1. The summed E-state index contributed by atoms with van der Waals surface area (Å²) in [7, 11) is 0. The van der Waals surface area contributed by atoms with E-state index >= 15 is 0 Å². The molecule has 3 nitrogen and oxygen atoms in total. The van der Waals surface area contributed by atoms with Gasteiger partial charge in [-0.1, -0.05) is 13.8 Å². The van der Waals surface area contributed by atoms with Gasteiger partial charge in [0.05, 0.1) is 5.60 Å². The molecule has 0 aliphatic carbocycles. The van der Waals surface area contributed by atoms with Gasteiger partial charge in [-0.25, -0.2) is 0 Å². The Morgan fingerprint density at radius 1 is 1.36 bits per heavy atom. The molecule has 0 atom stereocenters. The fourth-order valence-corrected chi connectivity index (χ4v) is 1.64. The Kier molecular flexibility index (Phi) is 4.85. The Bertz CT molecular complexity index is 153. The first-order chi connectivity index (χ1) is 6.62. The lowest BCUT2D eigenvalue weighted by atomic mass is 9.94. The van der Waals surface area contributed by atoms with E-state index in [0.29, 0.717) is 19.8 Å². The molecule has 3 heteroatoms. The highest BCUT2D eigenvalue weighted by atomic mass is 16.5. The number of nitrogens with one attached hydrogen (secondary N) is 1. The van der Waals surface area contributed by atoms with Crippen molar-refractivity contribution in [3.8, 4) is 0 Å². The van der Waals surface area contributed by atoms with Crippen molar-refractivity contribution in [1.82, 2.24) is 5.32 Å². The molecule has 1 rings (SSSR count). The van der Waals surface area contributed by atoms with Gasteiger partial charge in [-0.2, -0.15) is 0 Å². The molecule has 1 fully saturated rings. The smallest absolute Gasteiger partial charge is 0.0815 e. The zero-order chi connectivity index (χ0) is 10.4. The van der Waals surface area contributed by atoms with Crippen molar-refractivity contribution < 1.29 is 9.84 Å². The average molecular weight is 201 g/mol. The van der Waals surface area contributed by atoms with Crippen molar-refractivity contribution in [3.63, 3.8) is 0 Å². The minimum absolute atomic E-state index is 0.519. The topological polar surface area (TPSA) is 41.5 Å². The molecule has 0 amide bonds. The number of rotatable bonds is 5. The van der Waals surface area contributed by atoms with Gasteiger partial charge in [-0.15, -0.1) is 0 Å². The predicted octanol–water partition coefficient (Wildman–Crippen LogP) is 1.16. The molecule has 1 aliphatic heterocycles. The van der Waals surface area contributed by atoms with E-state index < -0.39 is 5.60 Å². The molecular weight excluding hydrogens is 178 g/mol. The summed E-state index contributed by atoms with van der Waals surface area (Å²) in [6, 6.07) is 0. The number of ether oxygens (including phenoxy) is 1. The molecule has 84 valence electrons. The second-order valence-corrected chi connectivity index (χ2v) is 4.70. The lowest BCUT2D eigenvalue weighted by molar-refractivity contribution is -0.0615. The highest BCUT2D eigenvalue weighted by Crippen LogP contribution is 2.19. The summed E-state index contributed by atoms with van der Waals surface area (Å²) in [5, 5.41) is 13.4. The number of aliphatic hydroxyl groups is 1. The molecule has 0 radical (unpaired) electrons. The minimum Gasteiger partial charge on any atom is -0.388 e. The summed E-state index contributed by atoms with van der Waals surface area (Å²) in [5.41, 5.74) is -0.519. The minimum atomic E-state index is -0.519. The van der Waals surface area contributed by atoms with Gasteiger partial charge in [0.2, 0.25) is 0 Å². The van der Waals surface area contributed by atoms with E-state index in [4.69, 9.17) is 4.74 Å². The number of hydrogen-bond acceptors (Lipinski definition) is 3. The molecule has 1 saturated heterocycles. The first kappa shape index (κ1) is 12.0. The van der Waals surface area contributed by atoms with Crippen LogP contribution in [0, 0.1) is 5.92 Å². The molecule has 1 heterocycles. The Labute approximate surface area is 86.8 Å². The maximum Gasteiger partial charge on any atom is 0.0815 e. The fraction of sp³-hybridized carbons (Fsp3) is 1.00. The molecule has 1 aliphatic rings. The molecule has 0 aromatic heterocycles. The lowest BCUT2D eigenvalue weighted by Gasteiger charge is -2.32. The van der Waals surface area contributed by atoms with Crippen LogP contribution in [-0.4, -0.2) is 37.0 Å². The SMILES string of the molecule is CC(C)CCNCC1(O)CCOCC1. The third-order valence-electron chi connectivity index (χ3n) is 2.78. The van der Waals surface area contributed by atoms with Gasteiger partial charge in [-0.3, -0.25) is 0 Å². The standard InChI is InChI=1S/C11H23NO2/c1-10(2)3-6-12-9-11(13)4-7-14-8-5-11/h10,12-13H,3-9H2,1-2H3. The van der Waals surface area contributed by atoms with Gasteiger partial charge in [0.15, 0.2) is 0 Å². The largest absolute Gasteiger partial charge is 0.388 e. The summed E-state index contributed by atoms with van der Waals surface area (Å²) < 4.78 is 5.22.